The lowest BCUT2D eigenvalue weighted by Crippen LogP contribution is -2.43. The Hall–Kier alpha value is -2.57. The minimum atomic E-state index is 0.102. The zero-order valence-corrected chi connectivity index (χ0v) is 16.6. The van der Waals surface area contributed by atoms with Crippen molar-refractivity contribution in [2.24, 2.45) is 0 Å². The Balaban J connectivity index is 1.57. The van der Waals surface area contributed by atoms with Crippen LogP contribution in [0.25, 0.3) is 0 Å². The van der Waals surface area contributed by atoms with E-state index in [0.29, 0.717) is 44.4 Å². The summed E-state index contributed by atoms with van der Waals surface area (Å²) in [6.45, 7) is 4.43. The second kappa shape index (κ2) is 10.1. The van der Waals surface area contributed by atoms with E-state index < -0.39 is 0 Å². The molecular weight excluding hydrogens is 356 g/mol. The average molecular weight is 384 g/mol. The average Bonchev–Trinajstić information content (AvgIpc) is 2.74. The molecule has 0 spiro atoms. The molecule has 0 unspecified atom stereocenters. The molecule has 0 aromatic heterocycles. The van der Waals surface area contributed by atoms with Crippen molar-refractivity contribution in [3.63, 3.8) is 0 Å². The van der Waals surface area contributed by atoms with E-state index in [-0.39, 0.29) is 5.91 Å². The third kappa shape index (κ3) is 5.71. The fraction of sp³-hybridized carbons (Fsp3) is 0.409. The summed E-state index contributed by atoms with van der Waals surface area (Å²) in [7, 11) is 3.46. The van der Waals surface area contributed by atoms with Crippen molar-refractivity contribution < 1.29 is 19.0 Å². The van der Waals surface area contributed by atoms with E-state index in [1.807, 2.05) is 55.6 Å². The molecule has 1 saturated heterocycles. The van der Waals surface area contributed by atoms with Crippen molar-refractivity contribution in [1.29, 1.82) is 0 Å². The van der Waals surface area contributed by atoms with Gasteiger partial charge in [-0.3, -0.25) is 9.69 Å². The molecule has 0 bridgehead atoms. The van der Waals surface area contributed by atoms with Gasteiger partial charge in [0.15, 0.2) is 11.5 Å². The Morgan fingerprint density at radius 1 is 1.07 bits per heavy atom. The van der Waals surface area contributed by atoms with Crippen molar-refractivity contribution in [1.82, 2.24) is 9.80 Å². The van der Waals surface area contributed by atoms with E-state index >= 15 is 0 Å². The van der Waals surface area contributed by atoms with Gasteiger partial charge in [-0.1, -0.05) is 36.4 Å². The van der Waals surface area contributed by atoms with Crippen molar-refractivity contribution in [3.05, 3.63) is 59.7 Å². The van der Waals surface area contributed by atoms with E-state index in [4.69, 9.17) is 14.2 Å². The molecule has 1 aliphatic heterocycles. The summed E-state index contributed by atoms with van der Waals surface area (Å²) in [5.74, 6) is 1.46. The van der Waals surface area contributed by atoms with Gasteiger partial charge in [-0.05, 0) is 23.3 Å². The monoisotopic (exact) mass is 384 g/mol. The van der Waals surface area contributed by atoms with Crippen LogP contribution in [0, 0.1) is 0 Å². The molecule has 0 atom stereocenters. The summed E-state index contributed by atoms with van der Waals surface area (Å²) in [6.07, 6.45) is 0. The van der Waals surface area contributed by atoms with Gasteiger partial charge in [-0.15, -0.1) is 0 Å². The first kappa shape index (κ1) is 20.2. The minimum absolute atomic E-state index is 0.102. The first-order chi connectivity index (χ1) is 13.7. The molecule has 0 saturated carbocycles. The van der Waals surface area contributed by atoms with E-state index in [2.05, 4.69) is 4.90 Å². The van der Waals surface area contributed by atoms with Crippen LogP contribution in [0.5, 0.6) is 11.5 Å². The predicted octanol–water partition coefficient (Wildman–Crippen LogP) is 2.56. The fourth-order valence-electron chi connectivity index (χ4n) is 3.10. The molecule has 0 N–H and O–H groups in total. The Morgan fingerprint density at radius 3 is 2.54 bits per heavy atom. The Labute approximate surface area is 166 Å². The predicted molar refractivity (Wildman–Crippen MR) is 108 cm³/mol. The van der Waals surface area contributed by atoms with Crippen molar-refractivity contribution in [2.75, 3.05) is 47.0 Å². The van der Waals surface area contributed by atoms with Crippen LogP contribution in [-0.2, 0) is 22.7 Å². The van der Waals surface area contributed by atoms with E-state index in [1.54, 1.807) is 12.0 Å². The third-order valence-electron chi connectivity index (χ3n) is 4.77. The van der Waals surface area contributed by atoms with Crippen LogP contribution >= 0.6 is 0 Å². The maximum absolute atomic E-state index is 12.5. The Morgan fingerprint density at radius 2 is 1.82 bits per heavy atom. The molecule has 0 radical (unpaired) electrons. The maximum atomic E-state index is 12.5. The first-order valence-electron chi connectivity index (χ1n) is 9.53. The topological polar surface area (TPSA) is 51.2 Å². The lowest BCUT2D eigenvalue weighted by Gasteiger charge is -2.28. The molecule has 6 nitrogen and oxygen atoms in total. The summed E-state index contributed by atoms with van der Waals surface area (Å²) in [4.78, 5) is 16.4. The number of ether oxygens (including phenoxy) is 3. The summed E-state index contributed by atoms with van der Waals surface area (Å²) in [5, 5.41) is 0. The molecule has 2 aromatic rings. The number of benzene rings is 2. The highest BCUT2D eigenvalue weighted by Crippen LogP contribution is 2.29. The number of methoxy groups -OCH3 is 1. The molecular formula is C22H28N2O4. The van der Waals surface area contributed by atoms with Crippen LogP contribution in [0.3, 0.4) is 0 Å². The van der Waals surface area contributed by atoms with Gasteiger partial charge in [0, 0.05) is 26.7 Å². The van der Waals surface area contributed by atoms with Gasteiger partial charge in [-0.2, -0.15) is 0 Å². The Bertz CT molecular complexity index is 760. The molecule has 1 fully saturated rings. The van der Waals surface area contributed by atoms with Crippen molar-refractivity contribution in [3.8, 4) is 11.5 Å². The SMILES string of the molecule is COc1cc(CN(C)C(=O)CN2CCOCC2)ccc1OCc1ccccc1. The summed E-state index contributed by atoms with van der Waals surface area (Å²) in [6, 6.07) is 15.8. The zero-order valence-electron chi connectivity index (χ0n) is 16.6. The molecule has 2 aromatic carbocycles. The number of hydrogen-bond acceptors (Lipinski definition) is 5. The van der Waals surface area contributed by atoms with Crippen LogP contribution in [0.2, 0.25) is 0 Å². The normalized spacial score (nSPS) is 14.5. The summed E-state index contributed by atoms with van der Waals surface area (Å²) in [5.41, 5.74) is 2.10. The van der Waals surface area contributed by atoms with E-state index in [0.717, 1.165) is 24.2 Å². The number of likely N-dealkylation sites (N-methyl/N-ethyl adjacent to an activating group) is 1. The van der Waals surface area contributed by atoms with E-state index in [1.165, 1.54) is 0 Å². The second-order valence-corrected chi connectivity index (χ2v) is 6.90. The fourth-order valence-corrected chi connectivity index (χ4v) is 3.10. The standard InChI is InChI=1S/C22H28N2O4/c1-23(22(25)16-24-10-12-27-13-11-24)15-19-8-9-20(21(14-19)26-2)28-17-18-6-4-3-5-7-18/h3-9,14H,10-13,15-17H2,1-2H3. The molecule has 150 valence electrons. The number of hydrogen-bond donors (Lipinski definition) is 0. The summed E-state index contributed by atoms with van der Waals surface area (Å²) < 4.78 is 16.7. The van der Waals surface area contributed by atoms with Gasteiger partial charge in [0.25, 0.3) is 0 Å². The number of morpholine rings is 1. The second-order valence-electron chi connectivity index (χ2n) is 6.90. The lowest BCUT2D eigenvalue weighted by atomic mass is 10.2. The first-order valence-corrected chi connectivity index (χ1v) is 9.53. The highest BCUT2D eigenvalue weighted by Gasteiger charge is 2.17. The highest BCUT2D eigenvalue weighted by atomic mass is 16.5. The minimum Gasteiger partial charge on any atom is -0.493 e. The van der Waals surface area contributed by atoms with Gasteiger partial charge >= 0.3 is 0 Å². The smallest absolute Gasteiger partial charge is 0.236 e. The maximum Gasteiger partial charge on any atom is 0.236 e. The van der Waals surface area contributed by atoms with E-state index in [9.17, 15) is 4.79 Å². The molecule has 1 amide bonds. The van der Waals surface area contributed by atoms with Gasteiger partial charge in [0.05, 0.1) is 26.9 Å². The molecule has 1 aliphatic rings. The summed E-state index contributed by atoms with van der Waals surface area (Å²) >= 11 is 0. The molecule has 1 heterocycles. The Kier molecular flexibility index (Phi) is 7.28. The van der Waals surface area contributed by atoms with Gasteiger partial charge in [-0.25, -0.2) is 0 Å². The van der Waals surface area contributed by atoms with Crippen LogP contribution in [0.1, 0.15) is 11.1 Å². The molecule has 28 heavy (non-hydrogen) atoms. The number of rotatable bonds is 8. The molecule has 3 rings (SSSR count). The number of carbonyl (C=O) groups is 1. The largest absolute Gasteiger partial charge is 0.493 e. The number of nitrogens with zero attached hydrogens (tertiary/aromatic N) is 2. The third-order valence-corrected chi connectivity index (χ3v) is 4.77. The van der Waals surface area contributed by atoms with Crippen molar-refractivity contribution in [2.45, 2.75) is 13.2 Å². The quantitative estimate of drug-likeness (QED) is 0.700. The van der Waals surface area contributed by atoms with Crippen LogP contribution in [0.15, 0.2) is 48.5 Å². The number of carbonyl (C=O) groups excluding carboxylic acids is 1. The molecule has 0 aliphatic carbocycles. The van der Waals surface area contributed by atoms with Gasteiger partial charge in [0.2, 0.25) is 5.91 Å². The van der Waals surface area contributed by atoms with Gasteiger partial charge in [0.1, 0.15) is 6.61 Å². The molecule has 6 heteroatoms. The van der Waals surface area contributed by atoms with Crippen LogP contribution in [-0.4, -0.2) is 62.7 Å². The highest BCUT2D eigenvalue weighted by molar-refractivity contribution is 5.78. The zero-order chi connectivity index (χ0) is 19.8. The van der Waals surface area contributed by atoms with Crippen LogP contribution < -0.4 is 9.47 Å². The lowest BCUT2D eigenvalue weighted by molar-refractivity contribution is -0.132. The van der Waals surface area contributed by atoms with Crippen molar-refractivity contribution >= 4 is 5.91 Å². The van der Waals surface area contributed by atoms with Gasteiger partial charge < -0.3 is 19.1 Å². The van der Waals surface area contributed by atoms with Crippen LogP contribution in [0.4, 0.5) is 0 Å². The number of amides is 1.